The Bertz CT molecular complexity index is 287. The molecule has 0 amide bonds. The summed E-state index contributed by atoms with van der Waals surface area (Å²) in [5.74, 6) is -0.736. The SMILES string of the molecule is C=C(C)C.O=C(OO)c1ccccc1. The lowest BCUT2D eigenvalue weighted by Gasteiger charge is -1.92. The zero-order valence-corrected chi connectivity index (χ0v) is 8.36. The Hall–Kier alpha value is -1.61. The summed E-state index contributed by atoms with van der Waals surface area (Å²) < 4.78 is 0. The maximum Gasteiger partial charge on any atom is 0.372 e. The van der Waals surface area contributed by atoms with Gasteiger partial charge in [-0.25, -0.2) is 4.79 Å². The van der Waals surface area contributed by atoms with Gasteiger partial charge in [-0.15, -0.1) is 6.58 Å². The van der Waals surface area contributed by atoms with Crippen molar-refractivity contribution in [2.45, 2.75) is 13.8 Å². The molecule has 14 heavy (non-hydrogen) atoms. The quantitative estimate of drug-likeness (QED) is 0.424. The summed E-state index contributed by atoms with van der Waals surface area (Å²) in [5.41, 5.74) is 1.50. The fourth-order valence-corrected chi connectivity index (χ4v) is 0.627. The molecule has 1 N–H and O–H groups in total. The van der Waals surface area contributed by atoms with Gasteiger partial charge < -0.3 is 0 Å². The summed E-state index contributed by atoms with van der Waals surface area (Å²) in [6, 6.07) is 8.25. The predicted octanol–water partition coefficient (Wildman–Crippen LogP) is 2.90. The van der Waals surface area contributed by atoms with Gasteiger partial charge in [0.15, 0.2) is 0 Å². The second-order valence-electron chi connectivity index (χ2n) is 2.95. The highest BCUT2D eigenvalue weighted by molar-refractivity contribution is 5.88. The van der Waals surface area contributed by atoms with E-state index in [1.807, 2.05) is 13.8 Å². The zero-order valence-electron chi connectivity index (χ0n) is 8.36. The van der Waals surface area contributed by atoms with Crippen molar-refractivity contribution in [3.05, 3.63) is 48.0 Å². The van der Waals surface area contributed by atoms with Crippen molar-refractivity contribution in [1.29, 1.82) is 0 Å². The lowest BCUT2D eigenvalue weighted by atomic mass is 10.2. The van der Waals surface area contributed by atoms with E-state index in [2.05, 4.69) is 11.5 Å². The van der Waals surface area contributed by atoms with E-state index in [-0.39, 0.29) is 0 Å². The van der Waals surface area contributed by atoms with Crippen molar-refractivity contribution in [3.63, 3.8) is 0 Å². The number of rotatable bonds is 1. The Labute approximate surface area is 83.6 Å². The molecular weight excluding hydrogens is 180 g/mol. The summed E-state index contributed by atoms with van der Waals surface area (Å²) in [5, 5.41) is 7.94. The molecule has 0 saturated carbocycles. The Morgan fingerprint density at radius 2 is 1.71 bits per heavy atom. The predicted molar refractivity (Wildman–Crippen MR) is 55.0 cm³/mol. The van der Waals surface area contributed by atoms with Crippen LogP contribution in [0.1, 0.15) is 24.2 Å². The fourth-order valence-electron chi connectivity index (χ4n) is 0.627. The molecule has 0 aliphatic rings. The topological polar surface area (TPSA) is 46.5 Å². The lowest BCUT2D eigenvalue weighted by Crippen LogP contribution is -2.00. The van der Waals surface area contributed by atoms with Crippen molar-refractivity contribution in [1.82, 2.24) is 0 Å². The highest BCUT2D eigenvalue weighted by Gasteiger charge is 2.02. The molecule has 0 aliphatic heterocycles. The number of hydrogen-bond donors (Lipinski definition) is 1. The molecule has 3 nitrogen and oxygen atoms in total. The van der Waals surface area contributed by atoms with Gasteiger partial charge in [-0.05, 0) is 26.0 Å². The van der Waals surface area contributed by atoms with E-state index in [1.54, 1.807) is 30.3 Å². The molecule has 0 saturated heterocycles. The molecule has 1 aromatic rings. The van der Waals surface area contributed by atoms with Gasteiger partial charge in [0.25, 0.3) is 0 Å². The highest BCUT2D eigenvalue weighted by Crippen LogP contribution is 1.98. The second-order valence-corrected chi connectivity index (χ2v) is 2.95. The molecule has 76 valence electrons. The Balaban J connectivity index is 0.000000364. The number of allylic oxidation sites excluding steroid dienone is 1. The van der Waals surface area contributed by atoms with Gasteiger partial charge in [-0.2, -0.15) is 5.26 Å². The summed E-state index contributed by atoms with van der Waals surface area (Å²) in [7, 11) is 0. The maximum absolute atomic E-state index is 10.5. The third-order valence-corrected chi connectivity index (χ3v) is 1.09. The standard InChI is InChI=1S/C7H6O3.C4H8/c8-7(10-9)6-4-2-1-3-5-6;1-4(2)3/h1-5,9H;1H2,2-3H3. The molecular formula is C11H14O3. The van der Waals surface area contributed by atoms with Gasteiger partial charge in [-0.3, -0.25) is 4.89 Å². The monoisotopic (exact) mass is 194 g/mol. The Kier molecular flexibility index (Phi) is 6.07. The third-order valence-electron chi connectivity index (χ3n) is 1.09. The van der Waals surface area contributed by atoms with E-state index in [9.17, 15) is 4.79 Å². The minimum Gasteiger partial charge on any atom is -0.296 e. The molecule has 0 aromatic heterocycles. The minimum absolute atomic E-state index is 0.338. The molecule has 3 heteroatoms. The lowest BCUT2D eigenvalue weighted by molar-refractivity contribution is -0.182. The minimum atomic E-state index is -0.736. The van der Waals surface area contributed by atoms with Gasteiger partial charge in [0, 0.05) is 0 Å². The molecule has 0 atom stereocenters. The Morgan fingerprint density at radius 3 is 2.07 bits per heavy atom. The molecule has 0 fully saturated rings. The Morgan fingerprint density at radius 1 is 1.29 bits per heavy atom. The van der Waals surface area contributed by atoms with E-state index in [0.29, 0.717) is 5.56 Å². The van der Waals surface area contributed by atoms with Crippen LogP contribution in [0, 0.1) is 0 Å². The normalized spacial score (nSPS) is 8.21. The average molecular weight is 194 g/mol. The smallest absolute Gasteiger partial charge is 0.296 e. The van der Waals surface area contributed by atoms with Crippen LogP contribution in [0.2, 0.25) is 0 Å². The van der Waals surface area contributed by atoms with E-state index in [0.717, 1.165) is 0 Å². The first kappa shape index (κ1) is 12.4. The van der Waals surface area contributed by atoms with Gasteiger partial charge in [0.2, 0.25) is 0 Å². The van der Waals surface area contributed by atoms with Crippen LogP contribution in [0.5, 0.6) is 0 Å². The molecule has 0 unspecified atom stereocenters. The summed E-state index contributed by atoms with van der Waals surface area (Å²) in [4.78, 5) is 14.0. The molecule has 0 bridgehead atoms. The molecule has 1 rings (SSSR count). The average Bonchev–Trinajstić information content (AvgIpc) is 2.17. The van der Waals surface area contributed by atoms with Crippen LogP contribution in [0.15, 0.2) is 42.5 Å². The van der Waals surface area contributed by atoms with Crippen LogP contribution in [0.3, 0.4) is 0 Å². The number of carbonyl (C=O) groups excluding carboxylic acids is 1. The molecule has 1 aromatic carbocycles. The summed E-state index contributed by atoms with van der Waals surface area (Å²) in [6.45, 7) is 7.50. The van der Waals surface area contributed by atoms with Crippen molar-refractivity contribution >= 4 is 5.97 Å². The third kappa shape index (κ3) is 5.97. The van der Waals surface area contributed by atoms with Crippen molar-refractivity contribution in [3.8, 4) is 0 Å². The van der Waals surface area contributed by atoms with Gasteiger partial charge in [-0.1, -0.05) is 23.8 Å². The maximum atomic E-state index is 10.5. The van der Waals surface area contributed by atoms with Crippen LogP contribution in [0.25, 0.3) is 0 Å². The van der Waals surface area contributed by atoms with E-state index >= 15 is 0 Å². The number of benzene rings is 1. The first-order valence-electron chi connectivity index (χ1n) is 4.11. The van der Waals surface area contributed by atoms with Gasteiger partial charge in [0.05, 0.1) is 5.56 Å². The largest absolute Gasteiger partial charge is 0.372 e. The van der Waals surface area contributed by atoms with E-state index in [4.69, 9.17) is 5.26 Å². The fraction of sp³-hybridized carbons (Fsp3) is 0.182. The van der Waals surface area contributed by atoms with Gasteiger partial charge >= 0.3 is 5.97 Å². The highest BCUT2D eigenvalue weighted by atomic mass is 17.1. The number of carbonyl (C=O) groups is 1. The van der Waals surface area contributed by atoms with Crippen LogP contribution in [0.4, 0.5) is 0 Å². The van der Waals surface area contributed by atoms with E-state index < -0.39 is 5.97 Å². The second kappa shape index (κ2) is 6.86. The first-order chi connectivity index (χ1) is 6.57. The molecule has 0 aliphatic carbocycles. The first-order valence-corrected chi connectivity index (χ1v) is 4.11. The van der Waals surface area contributed by atoms with Crippen molar-refractivity contribution < 1.29 is 14.9 Å². The van der Waals surface area contributed by atoms with Crippen LogP contribution in [-0.4, -0.2) is 11.2 Å². The van der Waals surface area contributed by atoms with E-state index in [1.165, 1.54) is 5.57 Å². The number of hydrogen-bond acceptors (Lipinski definition) is 3. The zero-order chi connectivity index (χ0) is 11.0. The summed E-state index contributed by atoms with van der Waals surface area (Å²) >= 11 is 0. The molecule has 0 radical (unpaired) electrons. The van der Waals surface area contributed by atoms with Crippen LogP contribution < -0.4 is 0 Å². The molecule has 0 spiro atoms. The van der Waals surface area contributed by atoms with Gasteiger partial charge in [0.1, 0.15) is 0 Å². The van der Waals surface area contributed by atoms with Crippen molar-refractivity contribution in [2.75, 3.05) is 0 Å². The van der Waals surface area contributed by atoms with Crippen LogP contribution in [-0.2, 0) is 4.89 Å². The van der Waals surface area contributed by atoms with Crippen LogP contribution >= 0.6 is 0 Å². The van der Waals surface area contributed by atoms with Crippen molar-refractivity contribution in [2.24, 2.45) is 0 Å². The summed E-state index contributed by atoms with van der Waals surface area (Å²) in [6.07, 6.45) is 0. The molecule has 0 heterocycles.